The van der Waals surface area contributed by atoms with Gasteiger partial charge in [-0.15, -0.1) is 11.3 Å². The molecule has 9 nitrogen and oxygen atoms in total. The number of carbonyl (C=O) groups excluding carboxylic acids is 2. The summed E-state index contributed by atoms with van der Waals surface area (Å²) in [6.07, 6.45) is 3.17. The maximum atomic E-state index is 13.6. The Bertz CT molecular complexity index is 1580. The summed E-state index contributed by atoms with van der Waals surface area (Å²) in [4.78, 5) is 40.4. The number of carbonyl (C=O) groups is 2. The number of methoxy groups -OCH3 is 3. The molecule has 10 heteroatoms. The molecule has 0 fully saturated rings. The number of ether oxygens (including phenoxy) is 4. The molecule has 204 valence electrons. The zero-order valence-electron chi connectivity index (χ0n) is 22.2. The van der Waals surface area contributed by atoms with E-state index < -0.39 is 23.4 Å². The highest BCUT2D eigenvalue weighted by molar-refractivity contribution is 7.07. The van der Waals surface area contributed by atoms with Gasteiger partial charge in [0.1, 0.15) is 22.0 Å². The van der Waals surface area contributed by atoms with Crippen LogP contribution in [0, 0.1) is 0 Å². The molecule has 3 aromatic rings. The smallest absolute Gasteiger partial charge is 0.338 e. The fraction of sp³-hybridized carbons (Fsp3) is 0.276. The van der Waals surface area contributed by atoms with Crippen molar-refractivity contribution in [3.05, 3.63) is 84.8 Å². The number of aromatic nitrogens is 1. The number of fused-ring (bicyclic) bond motifs is 1. The summed E-state index contributed by atoms with van der Waals surface area (Å²) in [6, 6.07) is 14.1. The van der Waals surface area contributed by atoms with Gasteiger partial charge in [-0.05, 0) is 47.9 Å². The first-order valence-corrected chi connectivity index (χ1v) is 13.2. The van der Waals surface area contributed by atoms with Crippen molar-refractivity contribution in [2.24, 2.45) is 5.73 Å². The number of rotatable bonds is 9. The van der Waals surface area contributed by atoms with Crippen LogP contribution in [0.3, 0.4) is 0 Å². The highest BCUT2D eigenvalue weighted by atomic mass is 32.1. The summed E-state index contributed by atoms with van der Waals surface area (Å²) >= 11 is 1.10. The van der Waals surface area contributed by atoms with Gasteiger partial charge in [0.25, 0.3) is 5.56 Å². The average Bonchev–Trinajstić information content (AvgIpc) is 3.28. The molecular weight excluding hydrogens is 520 g/mol. The first kappa shape index (κ1) is 27.7. The number of unbranched alkanes of at least 4 members (excludes halogenated alkanes) is 1. The summed E-state index contributed by atoms with van der Waals surface area (Å²) < 4.78 is 23.0. The van der Waals surface area contributed by atoms with Crippen LogP contribution in [-0.4, -0.2) is 44.4 Å². The van der Waals surface area contributed by atoms with E-state index in [9.17, 15) is 14.4 Å². The van der Waals surface area contributed by atoms with Crippen molar-refractivity contribution in [2.45, 2.75) is 25.7 Å². The number of nitrogens with zero attached hydrogens (tertiary/aromatic N) is 1. The van der Waals surface area contributed by atoms with Crippen LogP contribution in [0.1, 0.15) is 36.8 Å². The van der Waals surface area contributed by atoms with E-state index in [0.717, 1.165) is 23.3 Å². The molecule has 2 heterocycles. The van der Waals surface area contributed by atoms with Gasteiger partial charge < -0.3 is 24.7 Å². The Morgan fingerprint density at radius 1 is 0.949 bits per heavy atom. The number of nitrogens with two attached hydrogens (primary N) is 1. The molecule has 0 bridgehead atoms. The SMILES string of the molecule is CCCCOC(=O)C1=C(N)n2c(s/c(=C\c3ccc(OC)cc3)c2=O)=C(C(=O)OC)[C@@H]1c1ccc(OC)cc1. The molecule has 1 aliphatic heterocycles. The first-order valence-electron chi connectivity index (χ1n) is 12.4. The molecule has 1 aromatic heterocycles. The van der Waals surface area contributed by atoms with Gasteiger partial charge in [0.2, 0.25) is 0 Å². The lowest BCUT2D eigenvalue weighted by atomic mass is 9.83. The monoisotopic (exact) mass is 550 g/mol. The van der Waals surface area contributed by atoms with Crippen molar-refractivity contribution in [2.75, 3.05) is 27.9 Å². The maximum absolute atomic E-state index is 13.6. The lowest BCUT2D eigenvalue weighted by Crippen LogP contribution is -2.41. The summed E-state index contributed by atoms with van der Waals surface area (Å²) in [6.45, 7) is 2.15. The standard InChI is InChI=1S/C29H30N2O7S/c1-5-6-15-38-29(34)23-22(18-9-13-20(36-3)14-10-18)24(28(33)37-4)27-31(25(23)30)26(32)21(39-27)16-17-7-11-19(35-2)12-8-17/h7-14,16,22H,5-6,15,30H2,1-4H3/b21-16-/t22-/m1/s1. The molecule has 0 unspecified atom stereocenters. The lowest BCUT2D eigenvalue weighted by molar-refractivity contribution is -0.139. The number of benzene rings is 2. The van der Waals surface area contributed by atoms with Crippen LogP contribution in [-0.2, 0) is 19.1 Å². The Balaban J connectivity index is 2.01. The number of hydrogen-bond donors (Lipinski definition) is 1. The summed E-state index contributed by atoms with van der Waals surface area (Å²) in [7, 11) is 4.37. The van der Waals surface area contributed by atoms with Crippen LogP contribution in [0.5, 0.6) is 11.5 Å². The van der Waals surface area contributed by atoms with Gasteiger partial charge >= 0.3 is 11.9 Å². The Morgan fingerprint density at radius 3 is 2.13 bits per heavy atom. The second kappa shape index (κ2) is 12.0. The van der Waals surface area contributed by atoms with Crippen LogP contribution in [0.2, 0.25) is 0 Å². The van der Waals surface area contributed by atoms with Gasteiger partial charge in [-0.25, -0.2) is 9.59 Å². The van der Waals surface area contributed by atoms with Gasteiger partial charge in [0.05, 0.1) is 49.5 Å². The Labute approximate surface area is 229 Å². The third-order valence-corrected chi connectivity index (χ3v) is 7.48. The van der Waals surface area contributed by atoms with Crippen LogP contribution in [0.4, 0.5) is 0 Å². The molecule has 39 heavy (non-hydrogen) atoms. The minimum atomic E-state index is -0.927. The molecule has 0 spiro atoms. The summed E-state index contributed by atoms with van der Waals surface area (Å²) in [5.74, 6) is -1.13. The highest BCUT2D eigenvalue weighted by Gasteiger charge is 2.39. The molecule has 0 aliphatic carbocycles. The van der Waals surface area contributed by atoms with E-state index in [1.807, 2.05) is 19.1 Å². The van der Waals surface area contributed by atoms with Crippen molar-refractivity contribution in [1.82, 2.24) is 4.57 Å². The largest absolute Gasteiger partial charge is 0.497 e. The Morgan fingerprint density at radius 2 is 1.56 bits per heavy atom. The molecule has 1 aliphatic rings. The van der Waals surface area contributed by atoms with E-state index in [0.29, 0.717) is 28.0 Å². The molecule has 2 N–H and O–H groups in total. The molecule has 0 saturated heterocycles. The molecule has 0 amide bonds. The molecule has 0 radical (unpaired) electrons. The molecule has 1 atom stereocenters. The van der Waals surface area contributed by atoms with Gasteiger partial charge in [-0.1, -0.05) is 37.6 Å². The van der Waals surface area contributed by atoms with Crippen LogP contribution in [0.15, 0.2) is 58.9 Å². The Kier molecular flexibility index (Phi) is 8.55. The molecule has 2 aromatic carbocycles. The lowest BCUT2D eigenvalue weighted by Gasteiger charge is -2.27. The molecule has 0 saturated carbocycles. The Hall–Kier alpha value is -4.31. The van der Waals surface area contributed by atoms with Gasteiger partial charge in [0, 0.05) is 0 Å². The number of esters is 2. The fourth-order valence-electron chi connectivity index (χ4n) is 4.32. The normalized spacial score (nSPS) is 15.1. The second-order valence-electron chi connectivity index (χ2n) is 8.73. The predicted octanol–water partition coefficient (Wildman–Crippen LogP) is 2.35. The second-order valence-corrected chi connectivity index (χ2v) is 9.76. The first-order chi connectivity index (χ1) is 18.8. The molecule has 4 rings (SSSR count). The zero-order chi connectivity index (χ0) is 28.1. The predicted molar refractivity (Wildman–Crippen MR) is 149 cm³/mol. The van der Waals surface area contributed by atoms with Gasteiger partial charge in [0.15, 0.2) is 0 Å². The highest BCUT2D eigenvalue weighted by Crippen LogP contribution is 2.38. The summed E-state index contributed by atoms with van der Waals surface area (Å²) in [5, 5.41) is 0. The van der Waals surface area contributed by atoms with Crippen LogP contribution in [0.25, 0.3) is 17.5 Å². The topological polar surface area (TPSA) is 119 Å². The fourth-order valence-corrected chi connectivity index (χ4v) is 5.49. The van der Waals surface area contributed by atoms with Crippen molar-refractivity contribution in [1.29, 1.82) is 0 Å². The average molecular weight is 551 g/mol. The van der Waals surface area contributed by atoms with Crippen LogP contribution >= 0.6 is 11.3 Å². The quantitative estimate of drug-likeness (QED) is 0.319. The third kappa shape index (κ3) is 5.46. The van der Waals surface area contributed by atoms with Crippen LogP contribution < -0.4 is 30.0 Å². The van der Waals surface area contributed by atoms with E-state index in [1.54, 1.807) is 56.7 Å². The van der Waals surface area contributed by atoms with E-state index in [-0.39, 0.29) is 28.2 Å². The minimum absolute atomic E-state index is 0.0000624. The number of hydrogen-bond acceptors (Lipinski definition) is 9. The summed E-state index contributed by atoms with van der Waals surface area (Å²) in [5.41, 5.74) is 7.56. The molecular formula is C29H30N2O7S. The maximum Gasteiger partial charge on any atom is 0.338 e. The van der Waals surface area contributed by atoms with E-state index in [4.69, 9.17) is 24.7 Å². The van der Waals surface area contributed by atoms with Crippen molar-refractivity contribution in [3.63, 3.8) is 0 Å². The van der Waals surface area contributed by atoms with E-state index in [1.165, 1.54) is 11.7 Å². The zero-order valence-corrected chi connectivity index (χ0v) is 23.0. The van der Waals surface area contributed by atoms with Gasteiger partial charge in [-0.3, -0.25) is 9.36 Å². The minimum Gasteiger partial charge on any atom is -0.497 e. The van der Waals surface area contributed by atoms with E-state index >= 15 is 0 Å². The number of thiazole rings is 1. The van der Waals surface area contributed by atoms with Gasteiger partial charge in [-0.2, -0.15) is 0 Å². The van der Waals surface area contributed by atoms with Crippen molar-refractivity contribution < 1.29 is 28.5 Å². The third-order valence-electron chi connectivity index (χ3n) is 6.37. The van der Waals surface area contributed by atoms with Crippen molar-refractivity contribution >= 4 is 40.7 Å². The van der Waals surface area contributed by atoms with Crippen molar-refractivity contribution in [3.8, 4) is 11.5 Å². The van der Waals surface area contributed by atoms with E-state index in [2.05, 4.69) is 0 Å².